The molecule has 3 N–H and O–H groups in total. The Morgan fingerprint density at radius 3 is 2.33 bits per heavy atom. The minimum Gasteiger partial charge on any atom is -0.330 e. The molecule has 4 nitrogen and oxygen atoms in total. The van der Waals surface area contributed by atoms with Gasteiger partial charge in [0, 0.05) is 17.0 Å². The van der Waals surface area contributed by atoms with Gasteiger partial charge < -0.3 is 5.73 Å². The van der Waals surface area contributed by atoms with Crippen molar-refractivity contribution in [2.45, 2.75) is 10.6 Å². The second kappa shape index (κ2) is 6.04. The van der Waals surface area contributed by atoms with Gasteiger partial charge in [0.05, 0.1) is 0 Å². The Hall–Kier alpha value is -1.58. The van der Waals surface area contributed by atoms with Gasteiger partial charge in [-0.2, -0.15) is 0 Å². The molecule has 0 fully saturated rings. The molecule has 1 aromatic heterocycles. The molecule has 0 atom stereocenters. The van der Waals surface area contributed by atoms with Gasteiger partial charge in [-0.3, -0.25) is 4.72 Å². The van der Waals surface area contributed by atoms with Crippen LogP contribution in [0.2, 0.25) is 0 Å². The molecule has 114 valence electrons. The molecular formula is C12H11F3N2O2S2. The molecule has 0 saturated heterocycles. The molecule has 1 heterocycles. The SMILES string of the molecule is NCCc1ccc(S(=O)(=O)Nc2c(F)cc(F)cc2F)s1. The third kappa shape index (κ3) is 3.55. The normalized spacial score (nSPS) is 11.6. The zero-order valence-electron chi connectivity index (χ0n) is 10.6. The Balaban J connectivity index is 2.33. The van der Waals surface area contributed by atoms with Crippen LogP contribution in [0.4, 0.5) is 18.9 Å². The van der Waals surface area contributed by atoms with E-state index in [0.29, 0.717) is 25.1 Å². The molecule has 0 spiro atoms. The van der Waals surface area contributed by atoms with Crippen LogP contribution < -0.4 is 10.5 Å². The van der Waals surface area contributed by atoms with Crippen molar-refractivity contribution < 1.29 is 21.6 Å². The number of nitrogens with one attached hydrogen (secondary N) is 1. The van der Waals surface area contributed by atoms with E-state index >= 15 is 0 Å². The second-order valence-electron chi connectivity index (χ2n) is 4.11. The van der Waals surface area contributed by atoms with Crippen LogP contribution in [0.25, 0.3) is 0 Å². The highest BCUT2D eigenvalue weighted by Gasteiger charge is 2.21. The Bertz CT molecular complexity index is 737. The van der Waals surface area contributed by atoms with Gasteiger partial charge in [-0.05, 0) is 25.1 Å². The Labute approximate surface area is 123 Å². The van der Waals surface area contributed by atoms with Gasteiger partial charge in [0.2, 0.25) is 0 Å². The maximum Gasteiger partial charge on any atom is 0.271 e. The van der Waals surface area contributed by atoms with E-state index in [1.54, 1.807) is 10.8 Å². The van der Waals surface area contributed by atoms with E-state index in [0.717, 1.165) is 16.2 Å². The van der Waals surface area contributed by atoms with E-state index in [1.807, 2.05) is 0 Å². The van der Waals surface area contributed by atoms with Gasteiger partial charge in [-0.1, -0.05) is 0 Å². The molecule has 0 bridgehead atoms. The van der Waals surface area contributed by atoms with Gasteiger partial charge in [0.1, 0.15) is 15.7 Å². The predicted octanol–water partition coefficient (Wildman–Crippen LogP) is 2.47. The van der Waals surface area contributed by atoms with Gasteiger partial charge >= 0.3 is 0 Å². The first-order valence-corrected chi connectivity index (χ1v) is 8.09. The van der Waals surface area contributed by atoms with Gasteiger partial charge in [0.25, 0.3) is 10.0 Å². The molecule has 0 aliphatic carbocycles. The van der Waals surface area contributed by atoms with Crippen molar-refractivity contribution in [3.8, 4) is 0 Å². The van der Waals surface area contributed by atoms with Crippen LogP contribution in [0.3, 0.4) is 0 Å². The van der Waals surface area contributed by atoms with Crippen LogP contribution in [0.1, 0.15) is 4.88 Å². The second-order valence-corrected chi connectivity index (χ2v) is 7.19. The number of hydrogen-bond acceptors (Lipinski definition) is 4. The van der Waals surface area contributed by atoms with E-state index in [2.05, 4.69) is 0 Å². The summed E-state index contributed by atoms with van der Waals surface area (Å²) in [5.74, 6) is -3.78. The number of rotatable bonds is 5. The molecule has 1 aromatic carbocycles. The number of hydrogen-bond donors (Lipinski definition) is 2. The third-order valence-corrected chi connectivity index (χ3v) is 5.52. The standard InChI is InChI=1S/C12H11F3N2O2S2/c13-7-5-9(14)12(10(15)6-7)17-21(18,19)11-2-1-8(20-11)3-4-16/h1-2,5-6,17H,3-4,16H2. The van der Waals surface area contributed by atoms with Crippen LogP contribution in [-0.2, 0) is 16.4 Å². The highest BCUT2D eigenvalue weighted by Crippen LogP contribution is 2.27. The zero-order chi connectivity index (χ0) is 15.6. The summed E-state index contributed by atoms with van der Waals surface area (Å²) in [4.78, 5) is 0.734. The molecule has 0 saturated carbocycles. The smallest absolute Gasteiger partial charge is 0.271 e. The van der Waals surface area contributed by atoms with E-state index < -0.39 is 33.2 Å². The lowest BCUT2D eigenvalue weighted by Gasteiger charge is -2.08. The summed E-state index contributed by atoms with van der Waals surface area (Å²) in [5.41, 5.74) is 4.45. The fourth-order valence-corrected chi connectivity index (χ4v) is 4.05. The highest BCUT2D eigenvalue weighted by molar-refractivity contribution is 7.94. The Kier molecular flexibility index (Phi) is 4.55. The predicted molar refractivity (Wildman–Crippen MR) is 74.2 cm³/mol. The fraction of sp³-hybridized carbons (Fsp3) is 0.167. The van der Waals surface area contributed by atoms with Crippen molar-refractivity contribution in [3.63, 3.8) is 0 Å². The summed E-state index contributed by atoms with van der Waals surface area (Å²) in [6, 6.07) is 3.69. The minimum absolute atomic E-state index is 0.103. The van der Waals surface area contributed by atoms with E-state index in [4.69, 9.17) is 5.73 Å². The van der Waals surface area contributed by atoms with Gasteiger partial charge in [-0.15, -0.1) is 11.3 Å². The first-order chi connectivity index (χ1) is 9.83. The number of thiophene rings is 1. The lowest BCUT2D eigenvalue weighted by Crippen LogP contribution is -2.14. The molecule has 0 amide bonds. The molecule has 21 heavy (non-hydrogen) atoms. The topological polar surface area (TPSA) is 72.2 Å². The first kappa shape index (κ1) is 15.8. The number of anilines is 1. The third-order valence-electron chi connectivity index (χ3n) is 2.54. The Morgan fingerprint density at radius 1 is 1.14 bits per heavy atom. The summed E-state index contributed by atoms with van der Waals surface area (Å²) in [7, 11) is -4.14. The molecule has 0 aliphatic rings. The number of sulfonamides is 1. The highest BCUT2D eigenvalue weighted by atomic mass is 32.2. The largest absolute Gasteiger partial charge is 0.330 e. The first-order valence-electron chi connectivity index (χ1n) is 5.79. The monoisotopic (exact) mass is 336 g/mol. The summed E-state index contributed by atoms with van der Waals surface area (Å²) in [5, 5.41) is 0. The fourth-order valence-electron chi connectivity index (χ4n) is 1.60. The molecule has 0 aliphatic heterocycles. The lowest BCUT2D eigenvalue weighted by molar-refractivity contribution is 0.547. The molecule has 2 rings (SSSR count). The van der Waals surface area contributed by atoms with Crippen LogP contribution in [-0.4, -0.2) is 15.0 Å². The molecule has 2 aromatic rings. The van der Waals surface area contributed by atoms with E-state index in [9.17, 15) is 21.6 Å². The van der Waals surface area contributed by atoms with Crippen molar-refractivity contribution >= 4 is 27.0 Å². The van der Waals surface area contributed by atoms with Crippen molar-refractivity contribution in [3.05, 3.63) is 46.6 Å². The van der Waals surface area contributed by atoms with Crippen LogP contribution in [0.15, 0.2) is 28.5 Å². The molecule has 0 unspecified atom stereocenters. The summed E-state index contributed by atoms with van der Waals surface area (Å²) < 4.78 is 65.5. The lowest BCUT2D eigenvalue weighted by atomic mass is 10.3. The molecule has 9 heteroatoms. The molecule has 0 radical (unpaired) electrons. The maximum absolute atomic E-state index is 13.5. The number of benzene rings is 1. The average Bonchev–Trinajstić information content (AvgIpc) is 2.84. The van der Waals surface area contributed by atoms with E-state index in [1.165, 1.54) is 6.07 Å². The summed E-state index contributed by atoms with van der Waals surface area (Å²) >= 11 is 0.949. The number of nitrogens with two attached hydrogens (primary N) is 1. The van der Waals surface area contributed by atoms with Crippen molar-refractivity contribution in [1.29, 1.82) is 0 Å². The average molecular weight is 336 g/mol. The quantitative estimate of drug-likeness (QED) is 0.881. The molecular weight excluding hydrogens is 325 g/mol. The van der Waals surface area contributed by atoms with Crippen molar-refractivity contribution in [1.82, 2.24) is 0 Å². The van der Waals surface area contributed by atoms with Crippen LogP contribution >= 0.6 is 11.3 Å². The van der Waals surface area contributed by atoms with Crippen molar-refractivity contribution in [2.75, 3.05) is 11.3 Å². The Morgan fingerprint density at radius 2 is 1.76 bits per heavy atom. The van der Waals surface area contributed by atoms with Crippen molar-refractivity contribution in [2.24, 2.45) is 5.73 Å². The summed E-state index contributed by atoms with van der Waals surface area (Å²) in [6.07, 6.45) is 0.499. The number of halogens is 3. The zero-order valence-corrected chi connectivity index (χ0v) is 12.2. The van der Waals surface area contributed by atoms with E-state index in [-0.39, 0.29) is 4.21 Å². The van der Waals surface area contributed by atoms with Crippen LogP contribution in [0, 0.1) is 17.5 Å². The maximum atomic E-state index is 13.5. The van der Waals surface area contributed by atoms with Gasteiger partial charge in [-0.25, -0.2) is 21.6 Å². The summed E-state index contributed by atoms with van der Waals surface area (Å²) in [6.45, 7) is 0.356. The minimum atomic E-state index is -4.14. The van der Waals surface area contributed by atoms with Gasteiger partial charge in [0.15, 0.2) is 11.6 Å². The van der Waals surface area contributed by atoms with Crippen LogP contribution in [0.5, 0.6) is 0 Å².